The van der Waals surface area contributed by atoms with Gasteiger partial charge in [-0.2, -0.15) is 5.26 Å². The van der Waals surface area contributed by atoms with Crippen molar-refractivity contribution in [2.45, 2.75) is 18.4 Å². The van der Waals surface area contributed by atoms with Gasteiger partial charge in [0.25, 0.3) is 5.91 Å². The molecule has 0 radical (unpaired) electrons. The number of halogens is 1. The fourth-order valence-electron chi connectivity index (χ4n) is 2.72. The molecule has 2 N–H and O–H groups in total. The number of carbonyl (C=O) groups is 1. The van der Waals surface area contributed by atoms with Crippen LogP contribution < -0.4 is 14.8 Å². The second-order valence-electron chi connectivity index (χ2n) is 6.66. The summed E-state index contributed by atoms with van der Waals surface area (Å²) in [4.78, 5) is 12.5. The largest absolute Gasteiger partial charge is 0.494 e. The Balaban J connectivity index is 1.64. The Labute approximate surface area is 196 Å². The number of amides is 1. The number of ether oxygens (including phenoxy) is 1. The topological polar surface area (TPSA) is 121 Å². The Hall–Kier alpha value is -3.58. The summed E-state index contributed by atoms with van der Waals surface area (Å²) in [5.41, 5.74) is 0.327. The highest BCUT2D eigenvalue weighted by Gasteiger charge is 2.15. The average molecular weight is 486 g/mol. The predicted octanol–water partition coefficient (Wildman–Crippen LogP) is 4.36. The van der Waals surface area contributed by atoms with Crippen LogP contribution in [0.1, 0.15) is 18.4 Å². The van der Waals surface area contributed by atoms with Crippen molar-refractivity contribution in [3.05, 3.63) is 82.8 Å². The number of sulfonamides is 1. The summed E-state index contributed by atoms with van der Waals surface area (Å²) >= 11 is 5.78. The van der Waals surface area contributed by atoms with Crippen molar-refractivity contribution in [2.24, 2.45) is 0 Å². The van der Waals surface area contributed by atoms with E-state index in [4.69, 9.17) is 20.8 Å². The number of carbonyl (C=O) groups excluding carboxylic acids is 1. The first-order chi connectivity index (χ1) is 15.8. The Morgan fingerprint density at radius 2 is 1.82 bits per heavy atom. The van der Waals surface area contributed by atoms with Crippen LogP contribution in [-0.4, -0.2) is 20.9 Å². The number of hydrogen-bond donors (Lipinski definition) is 2. The number of anilines is 1. The summed E-state index contributed by atoms with van der Waals surface area (Å²) < 4.78 is 38.0. The summed E-state index contributed by atoms with van der Waals surface area (Å²) in [7, 11) is -3.76. The molecular weight excluding hydrogens is 466 g/mol. The molecule has 170 valence electrons. The molecule has 3 rings (SSSR count). The number of rotatable bonds is 9. The molecule has 0 fully saturated rings. The lowest BCUT2D eigenvalue weighted by atomic mass is 10.2. The lowest BCUT2D eigenvalue weighted by Gasteiger charge is -2.06. The van der Waals surface area contributed by atoms with Crippen LogP contribution in [0.25, 0.3) is 6.08 Å². The third-order valence-corrected chi connectivity index (χ3v) is 5.99. The Bertz CT molecular complexity index is 1290. The van der Waals surface area contributed by atoms with Gasteiger partial charge in [-0.25, -0.2) is 13.1 Å². The van der Waals surface area contributed by atoms with Gasteiger partial charge in [0.2, 0.25) is 10.0 Å². The Morgan fingerprint density at radius 3 is 2.45 bits per heavy atom. The first kappa shape index (κ1) is 24.1. The van der Waals surface area contributed by atoms with E-state index in [9.17, 15) is 18.5 Å². The number of nitriles is 1. The van der Waals surface area contributed by atoms with Crippen LogP contribution >= 0.6 is 11.6 Å². The van der Waals surface area contributed by atoms with E-state index < -0.39 is 15.9 Å². The van der Waals surface area contributed by atoms with E-state index in [0.29, 0.717) is 28.8 Å². The third-order valence-electron chi connectivity index (χ3n) is 4.32. The highest BCUT2D eigenvalue weighted by atomic mass is 35.5. The van der Waals surface area contributed by atoms with Gasteiger partial charge in [0, 0.05) is 16.8 Å². The molecule has 3 aromatic rings. The molecule has 0 atom stereocenters. The molecule has 1 amide bonds. The average Bonchev–Trinajstić information content (AvgIpc) is 3.25. The molecule has 0 spiro atoms. The summed E-state index contributed by atoms with van der Waals surface area (Å²) in [5, 5.41) is 12.4. The minimum Gasteiger partial charge on any atom is -0.494 e. The number of furan rings is 1. The molecule has 1 aromatic heterocycles. The molecule has 0 bridgehead atoms. The van der Waals surface area contributed by atoms with E-state index >= 15 is 0 Å². The van der Waals surface area contributed by atoms with Crippen LogP contribution in [-0.2, 0) is 21.4 Å². The monoisotopic (exact) mass is 485 g/mol. The summed E-state index contributed by atoms with van der Waals surface area (Å²) in [5.74, 6) is 0.599. The van der Waals surface area contributed by atoms with Crippen molar-refractivity contribution in [3.8, 4) is 11.8 Å². The maximum absolute atomic E-state index is 12.4. The van der Waals surface area contributed by atoms with Gasteiger partial charge in [-0.3, -0.25) is 4.79 Å². The van der Waals surface area contributed by atoms with Crippen LogP contribution in [0.5, 0.6) is 5.75 Å². The fraction of sp³-hybridized carbons (Fsp3) is 0.130. The third kappa shape index (κ3) is 6.70. The van der Waals surface area contributed by atoms with Crippen molar-refractivity contribution < 1.29 is 22.4 Å². The first-order valence-electron chi connectivity index (χ1n) is 9.80. The van der Waals surface area contributed by atoms with Gasteiger partial charge < -0.3 is 14.5 Å². The van der Waals surface area contributed by atoms with Crippen LogP contribution in [0.3, 0.4) is 0 Å². The fourth-order valence-corrected chi connectivity index (χ4v) is 3.84. The lowest BCUT2D eigenvalue weighted by Crippen LogP contribution is -2.22. The standard InChI is InChI=1S/C23H20ClN3O5S/c1-2-31-19-7-5-18(6-8-19)27-23(28)16(14-25)13-20-9-10-21(32-20)15-26-33(29,30)22-11-3-17(24)4-12-22/h3-13,26H,2,15H2,1H3,(H,27,28)/b16-13-. The van der Waals surface area contributed by atoms with E-state index in [2.05, 4.69) is 10.0 Å². The normalized spacial score (nSPS) is 11.6. The van der Waals surface area contributed by atoms with E-state index in [1.165, 1.54) is 36.4 Å². The maximum Gasteiger partial charge on any atom is 0.266 e. The van der Waals surface area contributed by atoms with Gasteiger partial charge >= 0.3 is 0 Å². The maximum atomic E-state index is 12.4. The molecule has 0 unspecified atom stereocenters. The van der Waals surface area contributed by atoms with Gasteiger partial charge in [0.15, 0.2) is 0 Å². The number of nitrogens with zero attached hydrogens (tertiary/aromatic N) is 1. The molecule has 8 nitrogen and oxygen atoms in total. The second-order valence-corrected chi connectivity index (χ2v) is 8.87. The Morgan fingerprint density at radius 1 is 1.12 bits per heavy atom. The summed E-state index contributed by atoms with van der Waals surface area (Å²) in [6, 6.07) is 17.4. The van der Waals surface area contributed by atoms with Crippen LogP contribution in [0, 0.1) is 11.3 Å². The van der Waals surface area contributed by atoms with Gasteiger partial charge in [-0.05, 0) is 67.6 Å². The molecule has 0 saturated heterocycles. The van der Waals surface area contributed by atoms with Crippen molar-refractivity contribution in [2.75, 3.05) is 11.9 Å². The molecule has 2 aromatic carbocycles. The van der Waals surface area contributed by atoms with Crippen molar-refractivity contribution in [1.29, 1.82) is 5.26 Å². The van der Waals surface area contributed by atoms with Gasteiger partial charge in [-0.15, -0.1) is 0 Å². The molecule has 0 saturated carbocycles. The molecule has 10 heteroatoms. The first-order valence-corrected chi connectivity index (χ1v) is 11.7. The summed E-state index contributed by atoms with van der Waals surface area (Å²) in [6.07, 6.45) is 1.28. The van der Waals surface area contributed by atoms with Crippen LogP contribution in [0.15, 0.2) is 75.5 Å². The number of hydrogen-bond acceptors (Lipinski definition) is 6. The van der Waals surface area contributed by atoms with Crippen LogP contribution in [0.4, 0.5) is 5.69 Å². The molecule has 0 aliphatic rings. The zero-order valence-corrected chi connectivity index (χ0v) is 19.1. The molecule has 33 heavy (non-hydrogen) atoms. The van der Waals surface area contributed by atoms with Crippen molar-refractivity contribution >= 4 is 39.3 Å². The summed E-state index contributed by atoms with van der Waals surface area (Å²) in [6.45, 7) is 2.29. The highest BCUT2D eigenvalue weighted by molar-refractivity contribution is 7.89. The Kier molecular flexibility index (Phi) is 7.90. The molecule has 0 aliphatic carbocycles. The van der Waals surface area contributed by atoms with E-state index in [-0.39, 0.29) is 22.8 Å². The predicted molar refractivity (Wildman–Crippen MR) is 124 cm³/mol. The smallest absolute Gasteiger partial charge is 0.266 e. The molecule has 0 aliphatic heterocycles. The van der Waals surface area contributed by atoms with E-state index in [1.54, 1.807) is 30.3 Å². The van der Waals surface area contributed by atoms with Gasteiger partial charge in [0.05, 0.1) is 18.0 Å². The van der Waals surface area contributed by atoms with Crippen molar-refractivity contribution in [1.82, 2.24) is 4.72 Å². The molecule has 1 heterocycles. The van der Waals surface area contributed by atoms with E-state index in [0.717, 1.165) is 0 Å². The zero-order chi connectivity index (χ0) is 23.8. The van der Waals surface area contributed by atoms with Crippen molar-refractivity contribution in [3.63, 3.8) is 0 Å². The quantitative estimate of drug-likeness (QED) is 0.343. The highest BCUT2D eigenvalue weighted by Crippen LogP contribution is 2.18. The lowest BCUT2D eigenvalue weighted by molar-refractivity contribution is -0.112. The van der Waals surface area contributed by atoms with Gasteiger partial charge in [0.1, 0.15) is 28.9 Å². The zero-order valence-electron chi connectivity index (χ0n) is 17.5. The molecular formula is C23H20ClN3O5S. The SMILES string of the molecule is CCOc1ccc(NC(=O)/C(C#N)=C\c2ccc(CNS(=O)(=O)c3ccc(Cl)cc3)o2)cc1. The number of benzene rings is 2. The van der Waals surface area contributed by atoms with E-state index in [1.807, 2.05) is 13.0 Å². The van der Waals surface area contributed by atoms with Crippen LogP contribution in [0.2, 0.25) is 5.02 Å². The van der Waals surface area contributed by atoms with Gasteiger partial charge in [-0.1, -0.05) is 11.6 Å². The minimum atomic E-state index is -3.76. The minimum absolute atomic E-state index is 0.0660. The second kappa shape index (κ2) is 10.8. The number of nitrogens with one attached hydrogen (secondary N) is 2.